The molecule has 3 heterocycles. The second-order valence-corrected chi connectivity index (χ2v) is 5.18. The van der Waals surface area contributed by atoms with E-state index in [0.29, 0.717) is 18.5 Å². The molecule has 0 spiro atoms. The quantitative estimate of drug-likeness (QED) is 0.799. The van der Waals surface area contributed by atoms with E-state index in [9.17, 15) is 0 Å². The summed E-state index contributed by atoms with van der Waals surface area (Å²) in [6.07, 6.45) is 4.09. The van der Waals surface area contributed by atoms with Gasteiger partial charge in [0.15, 0.2) is 0 Å². The third-order valence-corrected chi connectivity index (χ3v) is 3.73. The molecule has 0 amide bonds. The lowest BCUT2D eigenvalue weighted by atomic mass is 10.2. The van der Waals surface area contributed by atoms with E-state index >= 15 is 0 Å². The summed E-state index contributed by atoms with van der Waals surface area (Å²) >= 11 is 0. The van der Waals surface area contributed by atoms with Crippen LogP contribution >= 0.6 is 0 Å². The van der Waals surface area contributed by atoms with Crippen LogP contribution in [0.25, 0.3) is 5.78 Å². The molecule has 0 radical (unpaired) electrons. The van der Waals surface area contributed by atoms with Gasteiger partial charge < -0.3 is 14.4 Å². The molecule has 114 valence electrons. The first-order valence-electron chi connectivity index (χ1n) is 7.37. The van der Waals surface area contributed by atoms with Crippen LogP contribution in [0.1, 0.15) is 25.5 Å². The van der Waals surface area contributed by atoms with Crippen LogP contribution in [-0.2, 0) is 16.1 Å². The number of likely N-dealkylation sites (N-methyl/N-ethyl adjacent to an activating group) is 1. The Kier molecular flexibility index (Phi) is 4.31. The number of hydrogen-bond donors (Lipinski definition) is 0. The summed E-state index contributed by atoms with van der Waals surface area (Å²) in [5.41, 5.74) is 0.860. The van der Waals surface area contributed by atoms with Crippen LogP contribution in [0, 0.1) is 0 Å². The van der Waals surface area contributed by atoms with Crippen molar-refractivity contribution < 1.29 is 9.47 Å². The largest absolute Gasteiger partial charge is 0.378 e. The molecule has 0 aliphatic carbocycles. The minimum atomic E-state index is 0.294. The summed E-state index contributed by atoms with van der Waals surface area (Å²) in [6, 6.07) is 2.02. The number of anilines is 1. The molecule has 0 saturated carbocycles. The Bertz CT molecular complexity index is 594. The van der Waals surface area contributed by atoms with Crippen LogP contribution in [0.2, 0.25) is 0 Å². The van der Waals surface area contributed by atoms with E-state index in [1.807, 2.05) is 6.07 Å². The second-order valence-electron chi connectivity index (χ2n) is 5.18. The molecule has 7 nitrogen and oxygen atoms in total. The molecule has 1 aliphatic heterocycles. The highest BCUT2D eigenvalue weighted by molar-refractivity contribution is 5.47. The van der Waals surface area contributed by atoms with Crippen molar-refractivity contribution in [1.82, 2.24) is 19.6 Å². The molecule has 2 aromatic heterocycles. The molecule has 1 aliphatic rings. The molecule has 1 fully saturated rings. The molecule has 0 aromatic carbocycles. The number of methoxy groups -OCH3 is 1. The van der Waals surface area contributed by atoms with Gasteiger partial charge in [-0.1, -0.05) is 0 Å². The van der Waals surface area contributed by atoms with Crippen molar-refractivity contribution in [1.29, 1.82) is 0 Å². The summed E-state index contributed by atoms with van der Waals surface area (Å²) in [7, 11) is 1.67. The Morgan fingerprint density at radius 2 is 2.43 bits per heavy atom. The molecule has 1 unspecified atom stereocenters. The highest BCUT2D eigenvalue weighted by atomic mass is 16.5. The number of fused-ring (bicyclic) bond motifs is 1. The van der Waals surface area contributed by atoms with Crippen molar-refractivity contribution in [3.05, 3.63) is 18.1 Å². The van der Waals surface area contributed by atoms with E-state index < -0.39 is 0 Å². The lowest BCUT2D eigenvalue weighted by Crippen LogP contribution is -2.33. The number of aromatic nitrogens is 4. The zero-order chi connectivity index (χ0) is 14.7. The SMILES string of the molecule is CCN(CC1CCCO1)c1cc(COC)nc2ncnn12. The summed E-state index contributed by atoms with van der Waals surface area (Å²) in [5.74, 6) is 1.59. The minimum absolute atomic E-state index is 0.294. The Labute approximate surface area is 123 Å². The van der Waals surface area contributed by atoms with Gasteiger partial charge in [0.2, 0.25) is 0 Å². The van der Waals surface area contributed by atoms with Gasteiger partial charge in [0.1, 0.15) is 12.1 Å². The molecular formula is C14H21N5O2. The van der Waals surface area contributed by atoms with Crippen LogP contribution < -0.4 is 4.90 Å². The highest BCUT2D eigenvalue weighted by Gasteiger charge is 2.21. The average molecular weight is 291 g/mol. The molecule has 1 saturated heterocycles. The maximum Gasteiger partial charge on any atom is 0.254 e. The second kappa shape index (κ2) is 6.36. The van der Waals surface area contributed by atoms with Gasteiger partial charge in [0, 0.05) is 32.9 Å². The Morgan fingerprint density at radius 1 is 1.52 bits per heavy atom. The topological polar surface area (TPSA) is 64.8 Å². The lowest BCUT2D eigenvalue weighted by Gasteiger charge is -2.26. The minimum Gasteiger partial charge on any atom is -0.378 e. The maximum absolute atomic E-state index is 5.75. The summed E-state index contributed by atoms with van der Waals surface area (Å²) < 4.78 is 12.7. The zero-order valence-electron chi connectivity index (χ0n) is 12.5. The van der Waals surface area contributed by atoms with Crippen molar-refractivity contribution in [3.8, 4) is 0 Å². The van der Waals surface area contributed by atoms with Gasteiger partial charge in [-0.25, -0.2) is 4.98 Å². The zero-order valence-corrected chi connectivity index (χ0v) is 12.5. The predicted octanol–water partition coefficient (Wildman–Crippen LogP) is 1.28. The molecule has 3 rings (SSSR count). The Balaban J connectivity index is 1.93. The average Bonchev–Trinajstić information content (AvgIpc) is 3.15. The number of rotatable bonds is 6. The van der Waals surface area contributed by atoms with Gasteiger partial charge in [0.05, 0.1) is 18.4 Å². The fourth-order valence-electron chi connectivity index (χ4n) is 2.71. The summed E-state index contributed by atoms with van der Waals surface area (Å²) in [4.78, 5) is 10.9. The van der Waals surface area contributed by atoms with E-state index in [2.05, 4.69) is 26.9 Å². The predicted molar refractivity (Wildman–Crippen MR) is 78.4 cm³/mol. The Hall–Kier alpha value is -1.73. The maximum atomic E-state index is 5.75. The van der Waals surface area contributed by atoms with E-state index in [1.165, 1.54) is 6.33 Å². The summed E-state index contributed by atoms with van der Waals surface area (Å²) in [5, 5.41) is 4.28. The van der Waals surface area contributed by atoms with Crippen molar-refractivity contribution >= 4 is 11.6 Å². The number of nitrogens with zero attached hydrogens (tertiary/aromatic N) is 5. The van der Waals surface area contributed by atoms with Gasteiger partial charge in [0.25, 0.3) is 5.78 Å². The first-order valence-corrected chi connectivity index (χ1v) is 7.37. The Morgan fingerprint density at radius 3 is 3.14 bits per heavy atom. The van der Waals surface area contributed by atoms with Crippen LogP contribution in [-0.4, -0.2) is 52.5 Å². The van der Waals surface area contributed by atoms with E-state index in [1.54, 1.807) is 11.6 Å². The van der Waals surface area contributed by atoms with E-state index in [4.69, 9.17) is 9.47 Å². The van der Waals surface area contributed by atoms with Crippen molar-refractivity contribution in [2.45, 2.75) is 32.5 Å². The van der Waals surface area contributed by atoms with Crippen molar-refractivity contribution in [2.24, 2.45) is 0 Å². The molecule has 1 atom stereocenters. The summed E-state index contributed by atoms with van der Waals surface area (Å²) in [6.45, 7) is 5.21. The van der Waals surface area contributed by atoms with Crippen LogP contribution in [0.4, 0.5) is 5.82 Å². The third kappa shape index (κ3) is 2.98. The van der Waals surface area contributed by atoms with Gasteiger partial charge in [-0.2, -0.15) is 14.6 Å². The fourth-order valence-corrected chi connectivity index (χ4v) is 2.71. The standard InChI is InChI=1S/C14H21N5O2/c1-3-18(8-12-5-4-6-21-12)13-7-11(9-20-2)17-14-15-10-16-19(13)14/h7,10,12H,3-6,8-9H2,1-2H3. The number of ether oxygens (including phenoxy) is 2. The van der Waals surface area contributed by atoms with E-state index in [0.717, 1.165) is 44.0 Å². The third-order valence-electron chi connectivity index (χ3n) is 3.73. The van der Waals surface area contributed by atoms with Gasteiger partial charge >= 0.3 is 0 Å². The van der Waals surface area contributed by atoms with Crippen LogP contribution in [0.3, 0.4) is 0 Å². The van der Waals surface area contributed by atoms with Crippen LogP contribution in [0.15, 0.2) is 12.4 Å². The van der Waals surface area contributed by atoms with Gasteiger partial charge in [-0.15, -0.1) is 0 Å². The van der Waals surface area contributed by atoms with Gasteiger partial charge in [-0.05, 0) is 19.8 Å². The smallest absolute Gasteiger partial charge is 0.254 e. The molecule has 7 heteroatoms. The molecular weight excluding hydrogens is 270 g/mol. The number of hydrogen-bond acceptors (Lipinski definition) is 6. The van der Waals surface area contributed by atoms with Crippen LogP contribution in [0.5, 0.6) is 0 Å². The monoisotopic (exact) mass is 291 g/mol. The lowest BCUT2D eigenvalue weighted by molar-refractivity contribution is 0.115. The molecule has 0 N–H and O–H groups in total. The molecule has 0 bridgehead atoms. The molecule has 21 heavy (non-hydrogen) atoms. The first kappa shape index (κ1) is 14.2. The van der Waals surface area contributed by atoms with Crippen molar-refractivity contribution in [2.75, 3.05) is 31.7 Å². The van der Waals surface area contributed by atoms with Crippen molar-refractivity contribution in [3.63, 3.8) is 0 Å². The van der Waals surface area contributed by atoms with E-state index in [-0.39, 0.29) is 0 Å². The first-order chi connectivity index (χ1) is 10.3. The fraction of sp³-hybridized carbons (Fsp3) is 0.643. The molecule has 2 aromatic rings. The normalized spacial score (nSPS) is 18.5. The van der Waals surface area contributed by atoms with Gasteiger partial charge in [-0.3, -0.25) is 0 Å². The highest BCUT2D eigenvalue weighted by Crippen LogP contribution is 2.20.